The zero-order valence-corrected chi connectivity index (χ0v) is 17.2. The summed E-state index contributed by atoms with van der Waals surface area (Å²) in [6, 6.07) is 20.0. The molecule has 0 radical (unpaired) electrons. The number of para-hydroxylation sites is 1. The molecule has 6 nitrogen and oxygen atoms in total. The smallest absolute Gasteiger partial charge is 0.407 e. The zero-order valence-electron chi connectivity index (χ0n) is 17.2. The standard InChI is InChI=1S/C24H26FN3O3/c25-20-9-4-5-10-21(20)27-12-14-28(15-13-27)22(23-11-6-16-30-23)17-26-24(29)31-18-19-7-2-1-3-8-19/h1-11,16,22H,12-15,17-18H2,(H,26,29)/t22-/m0/s1. The average Bonchev–Trinajstić information content (AvgIpc) is 3.34. The van der Waals surface area contributed by atoms with Crippen LogP contribution in [0.4, 0.5) is 14.9 Å². The van der Waals surface area contributed by atoms with Crippen LogP contribution < -0.4 is 10.2 Å². The fourth-order valence-corrected chi connectivity index (χ4v) is 3.83. The number of ether oxygens (including phenoxy) is 1. The van der Waals surface area contributed by atoms with Crippen LogP contribution in [0.1, 0.15) is 17.4 Å². The van der Waals surface area contributed by atoms with Crippen molar-refractivity contribution < 1.29 is 18.3 Å². The molecule has 2 heterocycles. The Kier molecular flexibility index (Phi) is 6.84. The molecular formula is C24H26FN3O3. The van der Waals surface area contributed by atoms with Crippen LogP contribution in [0.25, 0.3) is 0 Å². The lowest BCUT2D eigenvalue weighted by molar-refractivity contribution is 0.126. The fraction of sp³-hybridized carbons (Fsp3) is 0.292. The van der Waals surface area contributed by atoms with Gasteiger partial charge in [0.1, 0.15) is 18.2 Å². The number of nitrogens with one attached hydrogen (secondary N) is 1. The highest BCUT2D eigenvalue weighted by Crippen LogP contribution is 2.25. The number of nitrogens with zero attached hydrogens (tertiary/aromatic N) is 2. The normalized spacial score (nSPS) is 15.5. The summed E-state index contributed by atoms with van der Waals surface area (Å²) in [6.07, 6.45) is 1.16. The number of hydrogen-bond donors (Lipinski definition) is 1. The van der Waals surface area contributed by atoms with Gasteiger partial charge < -0.3 is 19.4 Å². The van der Waals surface area contributed by atoms with Crippen molar-refractivity contribution in [2.75, 3.05) is 37.6 Å². The van der Waals surface area contributed by atoms with Gasteiger partial charge in [0.2, 0.25) is 0 Å². The second-order valence-electron chi connectivity index (χ2n) is 7.45. The van der Waals surface area contributed by atoms with E-state index in [1.54, 1.807) is 18.4 Å². The topological polar surface area (TPSA) is 58.0 Å². The van der Waals surface area contributed by atoms with Gasteiger partial charge in [0.15, 0.2) is 0 Å². The Balaban J connectivity index is 1.33. The van der Waals surface area contributed by atoms with Crippen LogP contribution in [0.3, 0.4) is 0 Å². The number of carbonyl (C=O) groups is 1. The first-order valence-electron chi connectivity index (χ1n) is 10.4. The molecule has 4 rings (SSSR count). The highest BCUT2D eigenvalue weighted by Gasteiger charge is 2.28. The predicted molar refractivity (Wildman–Crippen MR) is 116 cm³/mol. The third-order valence-electron chi connectivity index (χ3n) is 5.47. The summed E-state index contributed by atoms with van der Waals surface area (Å²) in [5, 5.41) is 2.85. The number of halogens is 1. The molecule has 1 N–H and O–H groups in total. The first-order valence-corrected chi connectivity index (χ1v) is 10.4. The predicted octanol–water partition coefficient (Wildman–Crippen LogP) is 4.21. The van der Waals surface area contributed by atoms with Gasteiger partial charge in [0.25, 0.3) is 0 Å². The Labute approximate surface area is 181 Å². The highest BCUT2D eigenvalue weighted by molar-refractivity contribution is 5.67. The molecule has 0 spiro atoms. The van der Waals surface area contributed by atoms with Crippen molar-refractivity contribution in [2.24, 2.45) is 0 Å². The number of rotatable bonds is 7. The number of anilines is 1. The van der Waals surface area contributed by atoms with Gasteiger partial charge in [-0.15, -0.1) is 0 Å². The average molecular weight is 423 g/mol. The van der Waals surface area contributed by atoms with E-state index in [0.717, 1.165) is 24.4 Å². The molecule has 1 saturated heterocycles. The van der Waals surface area contributed by atoms with Gasteiger partial charge >= 0.3 is 6.09 Å². The third-order valence-corrected chi connectivity index (χ3v) is 5.47. The SMILES string of the molecule is O=C(NC[C@@H](c1ccco1)N1CCN(c2ccccc2F)CC1)OCc1ccccc1. The Hall–Kier alpha value is -3.32. The van der Waals surface area contributed by atoms with Crippen LogP contribution in [-0.2, 0) is 11.3 Å². The maximum Gasteiger partial charge on any atom is 0.407 e. The van der Waals surface area contributed by atoms with Gasteiger partial charge in [0, 0.05) is 32.7 Å². The zero-order chi connectivity index (χ0) is 21.5. The van der Waals surface area contributed by atoms with E-state index in [4.69, 9.17) is 9.15 Å². The molecule has 1 amide bonds. The maximum absolute atomic E-state index is 14.1. The molecule has 2 aromatic carbocycles. The maximum atomic E-state index is 14.1. The Morgan fingerprint density at radius 1 is 1.00 bits per heavy atom. The number of amides is 1. The Morgan fingerprint density at radius 3 is 2.45 bits per heavy atom. The van der Waals surface area contributed by atoms with Crippen LogP contribution >= 0.6 is 0 Å². The summed E-state index contributed by atoms with van der Waals surface area (Å²) in [5.74, 6) is 0.573. The second kappa shape index (κ2) is 10.1. The first kappa shape index (κ1) is 20.9. The second-order valence-corrected chi connectivity index (χ2v) is 7.45. The minimum Gasteiger partial charge on any atom is -0.468 e. The molecule has 0 unspecified atom stereocenters. The van der Waals surface area contributed by atoms with Crippen molar-refractivity contribution in [1.82, 2.24) is 10.2 Å². The van der Waals surface area contributed by atoms with Crippen molar-refractivity contribution in [2.45, 2.75) is 12.6 Å². The van der Waals surface area contributed by atoms with Gasteiger partial charge in [-0.2, -0.15) is 0 Å². The quantitative estimate of drug-likeness (QED) is 0.617. The van der Waals surface area contributed by atoms with E-state index < -0.39 is 6.09 Å². The number of alkyl carbamates (subject to hydrolysis) is 1. The molecule has 7 heteroatoms. The molecule has 162 valence electrons. The lowest BCUT2D eigenvalue weighted by atomic mass is 10.1. The molecule has 31 heavy (non-hydrogen) atoms. The number of benzene rings is 2. The van der Waals surface area contributed by atoms with E-state index in [0.29, 0.717) is 25.3 Å². The largest absolute Gasteiger partial charge is 0.468 e. The third kappa shape index (κ3) is 5.44. The Morgan fingerprint density at radius 2 is 1.74 bits per heavy atom. The molecule has 0 bridgehead atoms. The molecule has 0 saturated carbocycles. The number of piperazine rings is 1. The number of furan rings is 1. The van der Waals surface area contributed by atoms with Crippen LogP contribution in [-0.4, -0.2) is 43.7 Å². The van der Waals surface area contributed by atoms with Gasteiger partial charge in [-0.3, -0.25) is 4.90 Å². The fourth-order valence-electron chi connectivity index (χ4n) is 3.83. The van der Waals surface area contributed by atoms with Crippen molar-refractivity contribution >= 4 is 11.8 Å². The van der Waals surface area contributed by atoms with Crippen LogP contribution in [0.15, 0.2) is 77.4 Å². The molecule has 1 aromatic heterocycles. The lowest BCUT2D eigenvalue weighted by Crippen LogP contribution is -2.50. The lowest BCUT2D eigenvalue weighted by Gasteiger charge is -2.39. The van der Waals surface area contributed by atoms with Crippen molar-refractivity contribution in [3.8, 4) is 0 Å². The van der Waals surface area contributed by atoms with E-state index in [2.05, 4.69) is 10.2 Å². The first-order chi connectivity index (χ1) is 15.2. The number of hydrogen-bond acceptors (Lipinski definition) is 5. The van der Waals surface area contributed by atoms with Gasteiger partial charge in [-0.05, 0) is 29.8 Å². The molecule has 1 fully saturated rings. The highest BCUT2D eigenvalue weighted by atomic mass is 19.1. The van der Waals surface area contributed by atoms with E-state index in [1.807, 2.05) is 53.4 Å². The van der Waals surface area contributed by atoms with E-state index in [-0.39, 0.29) is 18.5 Å². The van der Waals surface area contributed by atoms with E-state index in [1.165, 1.54) is 6.07 Å². The van der Waals surface area contributed by atoms with Crippen molar-refractivity contribution in [3.05, 3.63) is 90.1 Å². The van der Waals surface area contributed by atoms with Crippen LogP contribution in [0, 0.1) is 5.82 Å². The Bertz CT molecular complexity index is 957. The summed E-state index contributed by atoms with van der Waals surface area (Å²) in [4.78, 5) is 16.5. The summed E-state index contributed by atoms with van der Waals surface area (Å²) in [7, 11) is 0. The van der Waals surface area contributed by atoms with Gasteiger partial charge in [-0.25, -0.2) is 9.18 Å². The molecule has 3 aromatic rings. The summed E-state index contributed by atoms with van der Waals surface area (Å²) < 4.78 is 25.1. The van der Waals surface area contributed by atoms with Crippen molar-refractivity contribution in [3.63, 3.8) is 0 Å². The van der Waals surface area contributed by atoms with Gasteiger partial charge in [0.05, 0.1) is 18.0 Å². The molecular weight excluding hydrogens is 397 g/mol. The number of carbonyl (C=O) groups excluding carboxylic acids is 1. The summed E-state index contributed by atoms with van der Waals surface area (Å²) >= 11 is 0. The molecule has 0 aliphatic carbocycles. The minimum absolute atomic E-state index is 0.123. The van der Waals surface area contributed by atoms with E-state index >= 15 is 0 Å². The van der Waals surface area contributed by atoms with Crippen molar-refractivity contribution in [1.29, 1.82) is 0 Å². The summed E-state index contributed by atoms with van der Waals surface area (Å²) in [5.41, 5.74) is 1.56. The summed E-state index contributed by atoms with van der Waals surface area (Å²) in [6.45, 7) is 3.41. The minimum atomic E-state index is -0.467. The molecule has 1 atom stereocenters. The monoisotopic (exact) mass is 423 g/mol. The molecule has 1 aliphatic rings. The van der Waals surface area contributed by atoms with Crippen LogP contribution in [0.5, 0.6) is 0 Å². The van der Waals surface area contributed by atoms with E-state index in [9.17, 15) is 9.18 Å². The van der Waals surface area contributed by atoms with Gasteiger partial charge in [-0.1, -0.05) is 42.5 Å². The molecule has 1 aliphatic heterocycles. The van der Waals surface area contributed by atoms with Crippen LogP contribution in [0.2, 0.25) is 0 Å².